The molecule has 2 nitrogen and oxygen atoms in total. The van der Waals surface area contributed by atoms with Crippen LogP contribution in [-0.4, -0.2) is 36.1 Å². The van der Waals surface area contributed by atoms with Crippen LogP contribution in [0.15, 0.2) is 0 Å². The molecule has 1 heterocycles. The molecule has 0 radical (unpaired) electrons. The third-order valence-electron chi connectivity index (χ3n) is 7.18. The monoisotopic (exact) mass is 292 g/mol. The highest BCUT2D eigenvalue weighted by Gasteiger charge is 2.46. The van der Waals surface area contributed by atoms with Gasteiger partial charge < -0.3 is 5.32 Å². The van der Waals surface area contributed by atoms with Crippen LogP contribution < -0.4 is 5.32 Å². The molecule has 0 spiro atoms. The summed E-state index contributed by atoms with van der Waals surface area (Å²) in [6.07, 6.45) is 10.0. The third-order valence-corrected chi connectivity index (χ3v) is 7.18. The minimum absolute atomic E-state index is 0.522. The van der Waals surface area contributed by atoms with Gasteiger partial charge in [-0.05, 0) is 62.3 Å². The summed E-state index contributed by atoms with van der Waals surface area (Å²) >= 11 is 0. The van der Waals surface area contributed by atoms with E-state index in [9.17, 15) is 0 Å². The Kier molecular flexibility index (Phi) is 4.66. The normalized spacial score (nSPS) is 40.9. The topological polar surface area (TPSA) is 15.3 Å². The maximum atomic E-state index is 3.82. The summed E-state index contributed by atoms with van der Waals surface area (Å²) in [7, 11) is 0. The molecule has 122 valence electrons. The first-order valence-corrected chi connectivity index (χ1v) is 9.54. The van der Waals surface area contributed by atoms with Crippen molar-refractivity contribution in [2.24, 2.45) is 17.3 Å². The molecule has 0 aromatic carbocycles. The Bertz CT molecular complexity index is 351. The fourth-order valence-electron chi connectivity index (χ4n) is 5.38. The van der Waals surface area contributed by atoms with Gasteiger partial charge in [0.1, 0.15) is 0 Å². The summed E-state index contributed by atoms with van der Waals surface area (Å²) in [6.45, 7) is 12.2. The van der Waals surface area contributed by atoms with Crippen LogP contribution in [0.3, 0.4) is 0 Å². The fourth-order valence-corrected chi connectivity index (χ4v) is 5.38. The van der Waals surface area contributed by atoms with Crippen LogP contribution in [0.25, 0.3) is 0 Å². The van der Waals surface area contributed by atoms with Gasteiger partial charge in [-0.3, -0.25) is 4.90 Å². The maximum Gasteiger partial charge on any atom is 0.0255 e. The Balaban J connectivity index is 1.72. The van der Waals surface area contributed by atoms with Crippen molar-refractivity contribution < 1.29 is 0 Å². The predicted molar refractivity (Wildman–Crippen MR) is 90.5 cm³/mol. The molecular weight excluding hydrogens is 256 g/mol. The molecule has 21 heavy (non-hydrogen) atoms. The van der Waals surface area contributed by atoms with Crippen LogP contribution in [0.5, 0.6) is 0 Å². The van der Waals surface area contributed by atoms with Crippen molar-refractivity contribution in [3.8, 4) is 0 Å². The van der Waals surface area contributed by atoms with Crippen LogP contribution in [0.4, 0.5) is 0 Å². The average Bonchev–Trinajstić information content (AvgIpc) is 3.10. The first-order chi connectivity index (χ1) is 10.0. The molecule has 1 saturated heterocycles. The van der Waals surface area contributed by atoms with E-state index in [1.165, 1.54) is 51.5 Å². The minimum atomic E-state index is 0.522. The number of rotatable bonds is 5. The maximum absolute atomic E-state index is 3.82. The van der Waals surface area contributed by atoms with E-state index in [0.29, 0.717) is 5.41 Å². The van der Waals surface area contributed by atoms with Crippen LogP contribution in [-0.2, 0) is 0 Å². The van der Waals surface area contributed by atoms with Gasteiger partial charge in [-0.15, -0.1) is 0 Å². The zero-order chi connectivity index (χ0) is 15.0. The first-order valence-electron chi connectivity index (χ1n) is 9.54. The number of likely N-dealkylation sites (tertiary alicyclic amines) is 1. The molecule has 3 aliphatic rings. The molecule has 0 amide bonds. The molecule has 2 bridgehead atoms. The molecule has 0 aromatic heterocycles. The summed E-state index contributed by atoms with van der Waals surface area (Å²) in [5, 5.41) is 3.82. The van der Waals surface area contributed by atoms with Crippen molar-refractivity contribution in [3.05, 3.63) is 0 Å². The van der Waals surface area contributed by atoms with Gasteiger partial charge in [-0.2, -0.15) is 0 Å². The van der Waals surface area contributed by atoms with Crippen LogP contribution in [0, 0.1) is 17.3 Å². The molecule has 0 aromatic rings. The summed E-state index contributed by atoms with van der Waals surface area (Å²) in [6, 6.07) is 2.48. The molecular formula is C19H36N2. The summed E-state index contributed by atoms with van der Waals surface area (Å²) in [5.41, 5.74) is 0.522. The molecule has 2 heteroatoms. The van der Waals surface area contributed by atoms with Crippen molar-refractivity contribution in [1.82, 2.24) is 10.2 Å². The fraction of sp³-hybridized carbons (Fsp3) is 1.00. The number of hydrogen-bond donors (Lipinski definition) is 1. The van der Waals surface area contributed by atoms with Gasteiger partial charge in [0.05, 0.1) is 0 Å². The van der Waals surface area contributed by atoms with Gasteiger partial charge in [0.2, 0.25) is 0 Å². The van der Waals surface area contributed by atoms with Gasteiger partial charge in [0.25, 0.3) is 0 Å². The highest BCUT2D eigenvalue weighted by Crippen LogP contribution is 2.46. The van der Waals surface area contributed by atoms with E-state index in [-0.39, 0.29) is 0 Å². The highest BCUT2D eigenvalue weighted by molar-refractivity contribution is 5.01. The largest absolute Gasteiger partial charge is 0.313 e. The second-order valence-corrected chi connectivity index (χ2v) is 8.61. The van der Waals surface area contributed by atoms with Gasteiger partial charge in [-0.25, -0.2) is 0 Å². The van der Waals surface area contributed by atoms with E-state index in [1.807, 2.05) is 0 Å². The van der Waals surface area contributed by atoms with Gasteiger partial charge in [-0.1, -0.05) is 34.1 Å². The van der Waals surface area contributed by atoms with Crippen LogP contribution >= 0.6 is 0 Å². The number of likely N-dealkylation sites (N-methyl/N-ethyl adjacent to an activating group) is 1. The van der Waals surface area contributed by atoms with Crippen molar-refractivity contribution in [1.29, 1.82) is 0 Å². The molecule has 3 rings (SSSR count). The number of nitrogens with one attached hydrogen (secondary N) is 1. The average molecular weight is 293 g/mol. The summed E-state index contributed by atoms with van der Waals surface area (Å²) in [5.74, 6) is 1.94. The van der Waals surface area contributed by atoms with Crippen molar-refractivity contribution in [3.63, 3.8) is 0 Å². The third kappa shape index (κ3) is 3.03. The second kappa shape index (κ2) is 6.20. The van der Waals surface area contributed by atoms with E-state index >= 15 is 0 Å². The van der Waals surface area contributed by atoms with Gasteiger partial charge in [0, 0.05) is 24.7 Å². The van der Waals surface area contributed by atoms with E-state index in [2.05, 4.69) is 37.9 Å². The number of piperidine rings is 1. The Morgan fingerprint density at radius 1 is 1.05 bits per heavy atom. The van der Waals surface area contributed by atoms with Crippen LogP contribution in [0.1, 0.15) is 72.6 Å². The molecule has 5 unspecified atom stereocenters. The lowest BCUT2D eigenvalue weighted by Crippen LogP contribution is -2.56. The predicted octanol–water partition coefficient (Wildman–Crippen LogP) is 4.05. The van der Waals surface area contributed by atoms with Crippen LogP contribution in [0.2, 0.25) is 0 Å². The molecule has 1 aliphatic heterocycles. The van der Waals surface area contributed by atoms with Gasteiger partial charge >= 0.3 is 0 Å². The lowest BCUT2D eigenvalue weighted by atomic mass is 9.67. The lowest BCUT2D eigenvalue weighted by molar-refractivity contribution is 0.0343. The van der Waals surface area contributed by atoms with Crippen molar-refractivity contribution in [2.75, 3.05) is 13.1 Å². The SMILES string of the molecule is CCNC1CCC(C(C)(C)CC)CC1N1CC2CCC1C2. The van der Waals surface area contributed by atoms with E-state index < -0.39 is 0 Å². The van der Waals surface area contributed by atoms with E-state index in [1.54, 1.807) is 0 Å². The Morgan fingerprint density at radius 2 is 1.86 bits per heavy atom. The van der Waals surface area contributed by atoms with E-state index in [4.69, 9.17) is 0 Å². The smallest absolute Gasteiger partial charge is 0.0255 e. The highest BCUT2D eigenvalue weighted by atomic mass is 15.2. The molecule has 3 fully saturated rings. The Hall–Kier alpha value is -0.0800. The zero-order valence-corrected chi connectivity index (χ0v) is 14.7. The molecule has 2 saturated carbocycles. The summed E-state index contributed by atoms with van der Waals surface area (Å²) in [4.78, 5) is 2.93. The van der Waals surface area contributed by atoms with Gasteiger partial charge in [0.15, 0.2) is 0 Å². The Labute approximate surface area is 132 Å². The van der Waals surface area contributed by atoms with E-state index in [0.717, 1.165) is 36.5 Å². The standard InChI is InChI=1S/C19H36N2/c1-5-19(3,4)15-8-10-17(20-6-2)18(12-15)21-13-14-7-9-16(21)11-14/h14-18,20H,5-13H2,1-4H3. The molecule has 5 atom stereocenters. The number of fused-ring (bicyclic) bond motifs is 2. The second-order valence-electron chi connectivity index (χ2n) is 8.61. The quantitative estimate of drug-likeness (QED) is 0.822. The Morgan fingerprint density at radius 3 is 2.43 bits per heavy atom. The lowest BCUT2D eigenvalue weighted by Gasteiger charge is -2.48. The molecule has 1 N–H and O–H groups in total. The summed E-state index contributed by atoms with van der Waals surface area (Å²) < 4.78 is 0. The first kappa shape index (κ1) is 15.8. The number of hydrogen-bond acceptors (Lipinski definition) is 2. The molecule has 2 aliphatic carbocycles. The zero-order valence-electron chi connectivity index (χ0n) is 14.7. The number of nitrogens with zero attached hydrogens (tertiary/aromatic N) is 1. The van der Waals surface area contributed by atoms with Crippen molar-refractivity contribution >= 4 is 0 Å². The van der Waals surface area contributed by atoms with Crippen molar-refractivity contribution in [2.45, 2.75) is 90.8 Å². The minimum Gasteiger partial charge on any atom is -0.313 e.